The molecular formula is C29H35N5O8S. The Balaban J connectivity index is 1.81. The number of aromatic nitrogens is 1. The second-order valence-corrected chi connectivity index (χ2v) is 10.9. The molecule has 0 fully saturated rings. The third kappa shape index (κ3) is 9.75. The van der Waals surface area contributed by atoms with Crippen molar-refractivity contribution in [2.75, 3.05) is 12.0 Å². The maximum Gasteiger partial charge on any atom is 0.326 e. The van der Waals surface area contributed by atoms with Crippen LogP contribution in [0.3, 0.4) is 0 Å². The summed E-state index contributed by atoms with van der Waals surface area (Å²) >= 11 is 1.51. The van der Waals surface area contributed by atoms with Crippen molar-refractivity contribution in [2.24, 2.45) is 5.73 Å². The minimum atomic E-state index is -1.65. The quantitative estimate of drug-likeness (QED) is 0.113. The molecule has 0 spiro atoms. The van der Waals surface area contributed by atoms with Crippen LogP contribution in [0.25, 0.3) is 10.9 Å². The van der Waals surface area contributed by atoms with Crippen molar-refractivity contribution < 1.29 is 39.3 Å². The molecule has 1 heterocycles. The number of aliphatic carboxylic acids is 2. The summed E-state index contributed by atoms with van der Waals surface area (Å²) < 4.78 is 0. The molecule has 0 radical (unpaired) electrons. The molecule has 0 bridgehead atoms. The topological polar surface area (TPSA) is 224 Å². The van der Waals surface area contributed by atoms with Crippen LogP contribution >= 0.6 is 11.8 Å². The molecular weight excluding hydrogens is 578 g/mol. The van der Waals surface area contributed by atoms with E-state index >= 15 is 0 Å². The zero-order valence-corrected chi connectivity index (χ0v) is 24.2. The second kappa shape index (κ2) is 15.6. The van der Waals surface area contributed by atoms with E-state index in [4.69, 9.17) is 5.73 Å². The van der Waals surface area contributed by atoms with Crippen LogP contribution in [0.4, 0.5) is 0 Å². The number of phenolic OH excluding ortho intramolecular Hbond substituents is 1. The summed E-state index contributed by atoms with van der Waals surface area (Å²) in [5, 5.41) is 36.7. The molecule has 0 aliphatic heterocycles. The summed E-state index contributed by atoms with van der Waals surface area (Å²) in [6, 6.07) is 7.77. The molecule has 13 nitrogen and oxygen atoms in total. The van der Waals surface area contributed by atoms with Gasteiger partial charge in [0.1, 0.15) is 23.9 Å². The van der Waals surface area contributed by atoms with E-state index in [1.165, 1.54) is 36.0 Å². The van der Waals surface area contributed by atoms with E-state index in [1.54, 1.807) is 6.20 Å². The molecule has 230 valence electrons. The van der Waals surface area contributed by atoms with Crippen molar-refractivity contribution in [1.82, 2.24) is 20.9 Å². The number of para-hydroxylation sites is 1. The molecule has 14 heteroatoms. The van der Waals surface area contributed by atoms with Crippen LogP contribution < -0.4 is 21.7 Å². The predicted octanol–water partition coefficient (Wildman–Crippen LogP) is 0.753. The number of amides is 3. The van der Waals surface area contributed by atoms with Crippen LogP contribution in [-0.2, 0) is 36.8 Å². The minimum absolute atomic E-state index is 0.00313. The normalized spacial score (nSPS) is 13.8. The smallest absolute Gasteiger partial charge is 0.326 e. The molecule has 43 heavy (non-hydrogen) atoms. The van der Waals surface area contributed by atoms with E-state index in [-0.39, 0.29) is 18.6 Å². The highest BCUT2D eigenvalue weighted by Gasteiger charge is 2.32. The highest BCUT2D eigenvalue weighted by Crippen LogP contribution is 2.19. The van der Waals surface area contributed by atoms with Crippen molar-refractivity contribution in [3.05, 3.63) is 65.9 Å². The lowest BCUT2D eigenvalue weighted by atomic mass is 10.0. The van der Waals surface area contributed by atoms with Crippen molar-refractivity contribution in [3.63, 3.8) is 0 Å². The summed E-state index contributed by atoms with van der Waals surface area (Å²) in [6.07, 6.45) is 2.90. The number of phenols is 1. The Morgan fingerprint density at radius 2 is 1.49 bits per heavy atom. The fourth-order valence-electron chi connectivity index (χ4n) is 4.38. The molecule has 0 saturated heterocycles. The summed E-state index contributed by atoms with van der Waals surface area (Å²) in [7, 11) is 0. The third-order valence-corrected chi connectivity index (χ3v) is 7.35. The molecule has 3 rings (SSSR count). The molecule has 0 aliphatic carbocycles. The van der Waals surface area contributed by atoms with Gasteiger partial charge >= 0.3 is 11.9 Å². The van der Waals surface area contributed by atoms with Crippen LogP contribution in [0.5, 0.6) is 5.75 Å². The van der Waals surface area contributed by atoms with E-state index in [0.29, 0.717) is 23.3 Å². The molecule has 3 aromatic rings. The number of carboxylic acid groups (broad SMARTS) is 2. The number of carbonyl (C=O) groups is 5. The number of H-pyrrole nitrogens is 1. The second-order valence-electron chi connectivity index (χ2n) is 9.94. The monoisotopic (exact) mass is 613 g/mol. The summed E-state index contributed by atoms with van der Waals surface area (Å²) in [6.45, 7) is 0. The molecule has 1 aromatic heterocycles. The van der Waals surface area contributed by atoms with Gasteiger partial charge in [0.2, 0.25) is 17.7 Å². The van der Waals surface area contributed by atoms with Gasteiger partial charge in [-0.1, -0.05) is 30.3 Å². The van der Waals surface area contributed by atoms with Crippen LogP contribution in [0.1, 0.15) is 24.0 Å². The summed E-state index contributed by atoms with van der Waals surface area (Å²) in [5.74, 6) is -4.67. The van der Waals surface area contributed by atoms with Crippen molar-refractivity contribution >= 4 is 52.3 Å². The number of aromatic amines is 1. The minimum Gasteiger partial charge on any atom is -0.508 e. The third-order valence-electron chi connectivity index (χ3n) is 6.70. The zero-order chi connectivity index (χ0) is 31.5. The van der Waals surface area contributed by atoms with Gasteiger partial charge in [-0.25, -0.2) is 4.79 Å². The van der Waals surface area contributed by atoms with Gasteiger partial charge in [-0.3, -0.25) is 19.2 Å². The first kappa shape index (κ1) is 32.9. The van der Waals surface area contributed by atoms with Crippen LogP contribution in [0.2, 0.25) is 0 Å². The van der Waals surface area contributed by atoms with Gasteiger partial charge in [0.15, 0.2) is 0 Å². The van der Waals surface area contributed by atoms with Gasteiger partial charge in [0, 0.05) is 29.9 Å². The summed E-state index contributed by atoms with van der Waals surface area (Å²) in [5.41, 5.74) is 7.99. The number of rotatable bonds is 16. The average molecular weight is 614 g/mol. The molecule has 0 aliphatic rings. The maximum absolute atomic E-state index is 13.5. The number of carbonyl (C=O) groups excluding carboxylic acids is 3. The first-order valence-electron chi connectivity index (χ1n) is 13.4. The van der Waals surface area contributed by atoms with Crippen LogP contribution in [0.15, 0.2) is 54.7 Å². The molecule has 2 aromatic carbocycles. The Hall–Kier alpha value is -4.56. The number of fused-ring (bicyclic) bond motifs is 1. The van der Waals surface area contributed by atoms with Gasteiger partial charge < -0.3 is 42.0 Å². The first-order valence-corrected chi connectivity index (χ1v) is 14.8. The Morgan fingerprint density at radius 1 is 0.860 bits per heavy atom. The van der Waals surface area contributed by atoms with Crippen molar-refractivity contribution in [1.29, 1.82) is 0 Å². The molecule has 9 N–H and O–H groups in total. The Kier molecular flexibility index (Phi) is 12.0. The summed E-state index contributed by atoms with van der Waals surface area (Å²) in [4.78, 5) is 66.1. The fraction of sp³-hybridized carbons (Fsp3) is 0.345. The van der Waals surface area contributed by atoms with Gasteiger partial charge in [0.05, 0.1) is 12.5 Å². The Morgan fingerprint density at radius 3 is 2.14 bits per heavy atom. The van der Waals surface area contributed by atoms with Crippen molar-refractivity contribution in [2.45, 2.75) is 49.9 Å². The highest BCUT2D eigenvalue weighted by molar-refractivity contribution is 7.98. The number of carboxylic acids is 2. The number of nitrogens with one attached hydrogen (secondary N) is 4. The van der Waals surface area contributed by atoms with E-state index in [1.807, 2.05) is 30.5 Å². The highest BCUT2D eigenvalue weighted by atomic mass is 32.2. The standard InChI is InChI=1S/C29H35N5O8S/c1-43-11-10-20(30)26(38)32-22(13-17-15-31-21-5-3-2-4-19(17)21)27(39)33-23(14-25(36)37)28(40)34-24(29(41)42)12-16-6-8-18(35)9-7-16/h2-9,15,20,22-24,31,35H,10-14,30H2,1H3,(H,32,38)(H,33,39)(H,34,40)(H,36,37)(H,41,42). The van der Waals surface area contributed by atoms with Crippen LogP contribution in [-0.4, -0.2) is 86.1 Å². The molecule has 4 atom stereocenters. The lowest BCUT2D eigenvalue weighted by molar-refractivity contribution is -0.143. The number of hydrogen-bond donors (Lipinski definition) is 8. The predicted molar refractivity (Wildman–Crippen MR) is 160 cm³/mol. The van der Waals surface area contributed by atoms with Gasteiger partial charge in [-0.15, -0.1) is 0 Å². The first-order chi connectivity index (χ1) is 20.5. The largest absolute Gasteiger partial charge is 0.508 e. The fourth-order valence-corrected chi connectivity index (χ4v) is 4.87. The van der Waals surface area contributed by atoms with Gasteiger partial charge in [-0.05, 0) is 47.8 Å². The van der Waals surface area contributed by atoms with E-state index in [2.05, 4.69) is 20.9 Å². The molecule has 3 amide bonds. The Bertz CT molecular complexity index is 1440. The zero-order valence-electron chi connectivity index (χ0n) is 23.4. The number of nitrogens with two attached hydrogens (primary N) is 1. The van der Waals surface area contributed by atoms with E-state index in [9.17, 15) is 39.3 Å². The van der Waals surface area contributed by atoms with E-state index in [0.717, 1.165) is 10.9 Å². The number of thioether (sulfide) groups is 1. The van der Waals surface area contributed by atoms with E-state index < -0.39 is 60.2 Å². The average Bonchev–Trinajstić information content (AvgIpc) is 3.38. The lowest BCUT2D eigenvalue weighted by Crippen LogP contribution is -2.58. The number of benzene rings is 2. The van der Waals surface area contributed by atoms with Crippen LogP contribution in [0, 0.1) is 0 Å². The number of aromatic hydroxyl groups is 1. The number of hydrogen-bond acceptors (Lipinski definition) is 8. The Labute approximate surface area is 251 Å². The van der Waals surface area contributed by atoms with Gasteiger partial charge in [-0.2, -0.15) is 11.8 Å². The van der Waals surface area contributed by atoms with Gasteiger partial charge in [0.25, 0.3) is 0 Å². The maximum atomic E-state index is 13.5. The SMILES string of the molecule is CSCCC(N)C(=O)NC(Cc1c[nH]c2ccccc12)C(=O)NC(CC(=O)O)C(=O)NC(Cc1ccc(O)cc1)C(=O)O. The lowest BCUT2D eigenvalue weighted by Gasteiger charge is -2.24. The molecule has 0 saturated carbocycles. The van der Waals surface area contributed by atoms with Crippen molar-refractivity contribution in [3.8, 4) is 5.75 Å². The molecule has 4 unspecified atom stereocenters.